The molecule has 1 aliphatic carbocycles. The zero-order valence-electron chi connectivity index (χ0n) is 8.74. The Balaban J connectivity index is 1.97. The van der Waals surface area contributed by atoms with E-state index in [4.69, 9.17) is 0 Å². The summed E-state index contributed by atoms with van der Waals surface area (Å²) in [5.41, 5.74) is 1.21. The van der Waals surface area contributed by atoms with E-state index in [1.807, 2.05) is 24.5 Å². The standard InChI is InChI=1S/C12H18N2/c1-2-10-4-3-5-12(10)14-11-6-8-13-9-7-11/h6-10,12H,2-5H2,1H3,(H,13,14). The van der Waals surface area contributed by atoms with E-state index in [0.29, 0.717) is 6.04 Å². The van der Waals surface area contributed by atoms with E-state index in [1.54, 1.807) is 0 Å². The van der Waals surface area contributed by atoms with Crippen LogP contribution in [0.15, 0.2) is 24.5 Å². The molecule has 2 nitrogen and oxygen atoms in total. The molecule has 0 aromatic carbocycles. The Labute approximate surface area is 85.7 Å². The summed E-state index contributed by atoms with van der Waals surface area (Å²) in [5.74, 6) is 0.864. The summed E-state index contributed by atoms with van der Waals surface area (Å²) in [6, 6.07) is 4.78. The Morgan fingerprint density at radius 3 is 2.86 bits per heavy atom. The molecule has 2 heteroatoms. The van der Waals surface area contributed by atoms with Gasteiger partial charge in [0.25, 0.3) is 0 Å². The van der Waals surface area contributed by atoms with Crippen molar-refractivity contribution in [1.82, 2.24) is 4.98 Å². The summed E-state index contributed by atoms with van der Waals surface area (Å²) in [4.78, 5) is 4.02. The van der Waals surface area contributed by atoms with Crippen molar-refractivity contribution in [1.29, 1.82) is 0 Å². The van der Waals surface area contributed by atoms with Crippen molar-refractivity contribution in [2.75, 3.05) is 5.32 Å². The van der Waals surface area contributed by atoms with Gasteiger partial charge in [0.05, 0.1) is 0 Å². The van der Waals surface area contributed by atoms with Crippen LogP contribution in [0.2, 0.25) is 0 Å². The Morgan fingerprint density at radius 2 is 2.14 bits per heavy atom. The number of nitrogens with one attached hydrogen (secondary N) is 1. The van der Waals surface area contributed by atoms with Crippen molar-refractivity contribution in [2.24, 2.45) is 5.92 Å². The van der Waals surface area contributed by atoms with Crippen LogP contribution in [0.1, 0.15) is 32.6 Å². The second-order valence-electron chi connectivity index (χ2n) is 4.09. The molecule has 0 spiro atoms. The fraction of sp³-hybridized carbons (Fsp3) is 0.583. The minimum Gasteiger partial charge on any atom is -0.382 e. The highest BCUT2D eigenvalue weighted by Crippen LogP contribution is 2.30. The molecule has 0 bridgehead atoms. The van der Waals surface area contributed by atoms with E-state index in [0.717, 1.165) is 5.92 Å². The predicted octanol–water partition coefficient (Wildman–Crippen LogP) is 3.07. The van der Waals surface area contributed by atoms with Gasteiger partial charge in [-0.3, -0.25) is 4.98 Å². The third-order valence-corrected chi connectivity index (χ3v) is 3.22. The van der Waals surface area contributed by atoms with Gasteiger partial charge in [-0.1, -0.05) is 19.8 Å². The number of nitrogens with zero attached hydrogens (tertiary/aromatic N) is 1. The first-order valence-electron chi connectivity index (χ1n) is 5.56. The maximum Gasteiger partial charge on any atom is 0.0373 e. The van der Waals surface area contributed by atoms with Crippen LogP contribution in [0, 0.1) is 5.92 Å². The van der Waals surface area contributed by atoms with E-state index in [-0.39, 0.29) is 0 Å². The number of pyridine rings is 1. The van der Waals surface area contributed by atoms with Crippen LogP contribution in [0.4, 0.5) is 5.69 Å². The fourth-order valence-corrected chi connectivity index (χ4v) is 2.38. The molecule has 76 valence electrons. The normalized spacial score (nSPS) is 26.4. The van der Waals surface area contributed by atoms with Crippen molar-refractivity contribution in [3.05, 3.63) is 24.5 Å². The average molecular weight is 190 g/mol. The molecule has 1 aliphatic rings. The molecule has 1 aromatic rings. The Kier molecular flexibility index (Phi) is 3.02. The van der Waals surface area contributed by atoms with Crippen molar-refractivity contribution < 1.29 is 0 Å². The molecule has 14 heavy (non-hydrogen) atoms. The van der Waals surface area contributed by atoms with Crippen LogP contribution in [-0.2, 0) is 0 Å². The van der Waals surface area contributed by atoms with E-state index in [1.165, 1.54) is 31.4 Å². The first-order valence-corrected chi connectivity index (χ1v) is 5.56. The monoisotopic (exact) mass is 190 g/mol. The molecule has 0 aliphatic heterocycles. The molecular weight excluding hydrogens is 172 g/mol. The van der Waals surface area contributed by atoms with Crippen molar-refractivity contribution in [2.45, 2.75) is 38.6 Å². The SMILES string of the molecule is CCC1CCCC1Nc1ccncc1. The quantitative estimate of drug-likeness (QED) is 0.792. The highest BCUT2D eigenvalue weighted by atomic mass is 14.9. The van der Waals surface area contributed by atoms with Gasteiger partial charge in [-0.15, -0.1) is 0 Å². The minimum atomic E-state index is 0.683. The molecule has 2 rings (SSSR count). The molecule has 1 fully saturated rings. The van der Waals surface area contributed by atoms with E-state index in [2.05, 4.69) is 17.2 Å². The van der Waals surface area contributed by atoms with Gasteiger partial charge in [-0.2, -0.15) is 0 Å². The summed E-state index contributed by atoms with van der Waals surface area (Å²) in [5, 5.41) is 3.60. The number of hydrogen-bond acceptors (Lipinski definition) is 2. The van der Waals surface area contributed by atoms with Gasteiger partial charge in [0, 0.05) is 24.1 Å². The van der Waals surface area contributed by atoms with E-state index in [9.17, 15) is 0 Å². The highest BCUT2D eigenvalue weighted by molar-refractivity contribution is 5.42. The lowest BCUT2D eigenvalue weighted by Crippen LogP contribution is -2.23. The van der Waals surface area contributed by atoms with Gasteiger partial charge in [-0.25, -0.2) is 0 Å². The number of anilines is 1. The lowest BCUT2D eigenvalue weighted by molar-refractivity contribution is 0.489. The molecule has 1 saturated carbocycles. The van der Waals surface area contributed by atoms with Crippen molar-refractivity contribution in [3.8, 4) is 0 Å². The lowest BCUT2D eigenvalue weighted by atomic mass is 10.0. The smallest absolute Gasteiger partial charge is 0.0373 e. The minimum absolute atomic E-state index is 0.683. The highest BCUT2D eigenvalue weighted by Gasteiger charge is 2.25. The van der Waals surface area contributed by atoms with Gasteiger partial charge < -0.3 is 5.32 Å². The molecular formula is C12H18N2. The summed E-state index contributed by atoms with van der Waals surface area (Å²) in [7, 11) is 0. The predicted molar refractivity (Wildman–Crippen MR) is 59.3 cm³/mol. The fourth-order valence-electron chi connectivity index (χ4n) is 2.38. The molecule has 2 atom stereocenters. The first kappa shape index (κ1) is 9.50. The Morgan fingerprint density at radius 1 is 1.36 bits per heavy atom. The molecule has 1 aromatic heterocycles. The second-order valence-corrected chi connectivity index (χ2v) is 4.09. The Bertz CT molecular complexity index is 271. The summed E-state index contributed by atoms with van der Waals surface area (Å²) in [6.45, 7) is 2.29. The van der Waals surface area contributed by atoms with Crippen LogP contribution in [0.25, 0.3) is 0 Å². The van der Waals surface area contributed by atoms with Crippen LogP contribution < -0.4 is 5.32 Å². The molecule has 1 heterocycles. The van der Waals surface area contributed by atoms with Crippen LogP contribution in [0.3, 0.4) is 0 Å². The van der Waals surface area contributed by atoms with Crippen LogP contribution >= 0.6 is 0 Å². The third-order valence-electron chi connectivity index (χ3n) is 3.22. The zero-order chi connectivity index (χ0) is 9.80. The molecule has 0 amide bonds. The maximum absolute atomic E-state index is 4.02. The molecule has 0 saturated heterocycles. The van der Waals surface area contributed by atoms with E-state index < -0.39 is 0 Å². The van der Waals surface area contributed by atoms with Crippen molar-refractivity contribution in [3.63, 3.8) is 0 Å². The Hall–Kier alpha value is -1.05. The topological polar surface area (TPSA) is 24.9 Å². The lowest BCUT2D eigenvalue weighted by Gasteiger charge is -2.20. The summed E-state index contributed by atoms with van der Waals surface area (Å²) in [6.07, 6.45) is 9.07. The molecule has 0 radical (unpaired) electrons. The largest absolute Gasteiger partial charge is 0.382 e. The van der Waals surface area contributed by atoms with Gasteiger partial charge in [0.1, 0.15) is 0 Å². The third kappa shape index (κ3) is 2.06. The maximum atomic E-state index is 4.02. The molecule has 1 N–H and O–H groups in total. The summed E-state index contributed by atoms with van der Waals surface area (Å²) < 4.78 is 0. The van der Waals surface area contributed by atoms with E-state index >= 15 is 0 Å². The first-order chi connectivity index (χ1) is 6.90. The average Bonchev–Trinajstić information content (AvgIpc) is 2.67. The number of rotatable bonds is 3. The van der Waals surface area contributed by atoms with Gasteiger partial charge in [-0.05, 0) is 30.9 Å². The van der Waals surface area contributed by atoms with Gasteiger partial charge in [0.2, 0.25) is 0 Å². The van der Waals surface area contributed by atoms with Gasteiger partial charge >= 0.3 is 0 Å². The van der Waals surface area contributed by atoms with Crippen LogP contribution in [0.5, 0.6) is 0 Å². The zero-order valence-corrected chi connectivity index (χ0v) is 8.74. The molecule has 2 unspecified atom stereocenters. The van der Waals surface area contributed by atoms with Crippen molar-refractivity contribution >= 4 is 5.69 Å². The number of aromatic nitrogens is 1. The van der Waals surface area contributed by atoms with Crippen LogP contribution in [-0.4, -0.2) is 11.0 Å². The van der Waals surface area contributed by atoms with Gasteiger partial charge in [0.15, 0.2) is 0 Å². The second kappa shape index (κ2) is 4.45. The summed E-state index contributed by atoms with van der Waals surface area (Å²) >= 11 is 0. The number of hydrogen-bond donors (Lipinski definition) is 1.